The Balaban J connectivity index is 1.60. The van der Waals surface area contributed by atoms with Crippen molar-refractivity contribution in [3.63, 3.8) is 0 Å². The number of nitrogens with one attached hydrogen (secondary N) is 1. The average Bonchev–Trinajstić information content (AvgIpc) is 3.16. The van der Waals surface area contributed by atoms with Crippen LogP contribution in [0, 0.1) is 0 Å². The lowest BCUT2D eigenvalue weighted by molar-refractivity contribution is 0.411. The van der Waals surface area contributed by atoms with E-state index in [0.29, 0.717) is 33.6 Å². The van der Waals surface area contributed by atoms with Crippen molar-refractivity contribution in [2.45, 2.75) is 17.4 Å². The molecule has 2 aromatic carbocycles. The topological polar surface area (TPSA) is 93.9 Å². The van der Waals surface area contributed by atoms with Gasteiger partial charge in [-0.25, -0.2) is 4.98 Å². The molecule has 2 aromatic heterocycles. The van der Waals surface area contributed by atoms with Crippen LogP contribution in [-0.2, 0) is 0 Å². The maximum Gasteiger partial charge on any atom is 0.277 e. The van der Waals surface area contributed by atoms with Gasteiger partial charge in [0, 0.05) is 0 Å². The van der Waals surface area contributed by atoms with E-state index >= 15 is 0 Å². The third-order valence-electron chi connectivity index (χ3n) is 4.04. The van der Waals surface area contributed by atoms with E-state index in [1.807, 2.05) is 49.4 Å². The maximum absolute atomic E-state index is 12.2. The number of nitrogens with zero attached hydrogens (tertiary/aromatic N) is 3. The van der Waals surface area contributed by atoms with Crippen molar-refractivity contribution in [2.75, 3.05) is 7.11 Å². The Hall–Kier alpha value is -3.13. The molecule has 0 aliphatic carbocycles. The number of benzene rings is 2. The van der Waals surface area contributed by atoms with E-state index in [1.54, 1.807) is 13.2 Å². The molecule has 0 aliphatic heterocycles. The minimum atomic E-state index is -0.173. The summed E-state index contributed by atoms with van der Waals surface area (Å²) in [7, 11) is 1.59. The number of thioether (sulfide) groups is 1. The summed E-state index contributed by atoms with van der Waals surface area (Å²) in [6.45, 7) is 1.92. The molecule has 4 rings (SSSR count). The highest BCUT2D eigenvalue weighted by atomic mass is 32.2. The largest absolute Gasteiger partial charge is 0.496 e. The van der Waals surface area contributed by atoms with Crippen molar-refractivity contribution in [3.8, 4) is 17.2 Å². The summed E-state index contributed by atoms with van der Waals surface area (Å²) < 4.78 is 11.1. The van der Waals surface area contributed by atoms with Gasteiger partial charge in [0.1, 0.15) is 11.6 Å². The van der Waals surface area contributed by atoms with Gasteiger partial charge in [-0.3, -0.25) is 4.79 Å². The predicted molar refractivity (Wildman–Crippen MR) is 103 cm³/mol. The molecule has 0 amide bonds. The molecule has 0 unspecified atom stereocenters. The summed E-state index contributed by atoms with van der Waals surface area (Å²) in [5.74, 6) is 1.59. The number of hydrogen-bond acceptors (Lipinski definition) is 7. The highest BCUT2D eigenvalue weighted by molar-refractivity contribution is 7.99. The fraction of sp³-hybridized carbons (Fsp3) is 0.158. The van der Waals surface area contributed by atoms with Crippen LogP contribution in [0.2, 0.25) is 0 Å². The van der Waals surface area contributed by atoms with E-state index < -0.39 is 0 Å². The summed E-state index contributed by atoms with van der Waals surface area (Å²) in [5.41, 5.74) is 1.22. The molecule has 1 atom stereocenters. The molecule has 4 aromatic rings. The molecule has 0 spiro atoms. The van der Waals surface area contributed by atoms with Gasteiger partial charge in [0.25, 0.3) is 16.7 Å². The number of rotatable bonds is 5. The Morgan fingerprint density at radius 3 is 2.74 bits per heavy atom. The molecule has 0 aliphatic rings. The number of fused-ring (bicyclic) bond motifs is 1. The van der Waals surface area contributed by atoms with Gasteiger partial charge in [0.2, 0.25) is 0 Å². The van der Waals surface area contributed by atoms with Gasteiger partial charge in [0.15, 0.2) is 0 Å². The van der Waals surface area contributed by atoms with Crippen LogP contribution in [0.25, 0.3) is 22.4 Å². The van der Waals surface area contributed by atoms with Gasteiger partial charge in [0.05, 0.1) is 28.8 Å². The number of hydrogen-bond donors (Lipinski definition) is 1. The van der Waals surface area contributed by atoms with E-state index in [4.69, 9.17) is 9.15 Å². The molecular weight excluding hydrogens is 364 g/mol. The summed E-state index contributed by atoms with van der Waals surface area (Å²) in [4.78, 5) is 19.6. The average molecular weight is 380 g/mol. The Bertz CT molecular complexity index is 1150. The van der Waals surface area contributed by atoms with Crippen molar-refractivity contribution >= 4 is 22.7 Å². The molecule has 0 bridgehead atoms. The molecule has 1 N–H and O–H groups in total. The van der Waals surface area contributed by atoms with Gasteiger partial charge in [-0.05, 0) is 31.2 Å². The molecule has 0 fully saturated rings. The van der Waals surface area contributed by atoms with Gasteiger partial charge in [-0.1, -0.05) is 36.0 Å². The zero-order valence-corrected chi connectivity index (χ0v) is 15.5. The SMILES string of the molecule is COc1ccccc1-c1nnc(S[C@@H](C)c2nc3ccccc3c(=O)[nH]2)o1. The summed E-state index contributed by atoms with van der Waals surface area (Å²) in [6, 6.07) is 14.7. The molecule has 7 nitrogen and oxygen atoms in total. The fourth-order valence-corrected chi connectivity index (χ4v) is 3.43. The molecule has 0 saturated heterocycles. The number of aromatic nitrogens is 4. The molecule has 27 heavy (non-hydrogen) atoms. The molecule has 136 valence electrons. The lowest BCUT2D eigenvalue weighted by Crippen LogP contribution is -2.12. The second-order valence-corrected chi connectivity index (χ2v) is 7.09. The van der Waals surface area contributed by atoms with Crippen molar-refractivity contribution in [1.29, 1.82) is 0 Å². The van der Waals surface area contributed by atoms with Crippen LogP contribution in [0.15, 0.2) is 63.0 Å². The van der Waals surface area contributed by atoms with Crippen LogP contribution in [0.5, 0.6) is 5.75 Å². The van der Waals surface area contributed by atoms with Crippen molar-refractivity contribution in [2.24, 2.45) is 0 Å². The first-order valence-electron chi connectivity index (χ1n) is 8.28. The molecule has 0 radical (unpaired) electrons. The number of ether oxygens (including phenoxy) is 1. The number of para-hydroxylation sites is 2. The zero-order valence-electron chi connectivity index (χ0n) is 14.7. The summed E-state index contributed by atoms with van der Waals surface area (Å²) >= 11 is 1.33. The van der Waals surface area contributed by atoms with Crippen LogP contribution in [0.1, 0.15) is 18.0 Å². The smallest absolute Gasteiger partial charge is 0.277 e. The lowest BCUT2D eigenvalue weighted by atomic mass is 10.2. The second kappa shape index (κ2) is 7.24. The monoisotopic (exact) mass is 380 g/mol. The normalized spacial score (nSPS) is 12.2. The fourth-order valence-electron chi connectivity index (χ4n) is 2.69. The standard InChI is InChI=1S/C19H16N4O3S/c1-11(16-20-14-9-5-3-7-12(14)17(24)21-16)27-19-23-22-18(26-19)13-8-4-6-10-15(13)25-2/h3-11H,1-2H3,(H,20,21,24)/t11-/m0/s1. The Labute approximate surface area is 158 Å². The number of H-pyrrole nitrogens is 1. The van der Waals surface area contributed by atoms with Crippen LogP contribution in [0.4, 0.5) is 0 Å². The van der Waals surface area contributed by atoms with Gasteiger partial charge < -0.3 is 14.1 Å². The first-order chi connectivity index (χ1) is 13.2. The van der Waals surface area contributed by atoms with Crippen LogP contribution in [0.3, 0.4) is 0 Å². The summed E-state index contributed by atoms with van der Waals surface area (Å²) in [6.07, 6.45) is 0. The molecule has 8 heteroatoms. The zero-order chi connectivity index (χ0) is 18.8. The second-order valence-electron chi connectivity index (χ2n) is 5.80. The minimum absolute atomic E-state index is 0.164. The quantitative estimate of drug-likeness (QED) is 0.526. The van der Waals surface area contributed by atoms with E-state index in [2.05, 4.69) is 20.2 Å². The van der Waals surface area contributed by atoms with Gasteiger partial charge >= 0.3 is 0 Å². The Morgan fingerprint density at radius 1 is 1.11 bits per heavy atom. The maximum atomic E-state index is 12.2. The summed E-state index contributed by atoms with van der Waals surface area (Å²) in [5, 5.41) is 8.97. The van der Waals surface area contributed by atoms with E-state index in [0.717, 1.165) is 5.56 Å². The van der Waals surface area contributed by atoms with Crippen LogP contribution < -0.4 is 10.3 Å². The van der Waals surface area contributed by atoms with Crippen LogP contribution in [-0.4, -0.2) is 27.3 Å². The third-order valence-corrected chi connectivity index (χ3v) is 4.98. The van der Waals surface area contributed by atoms with Crippen molar-refractivity contribution in [3.05, 3.63) is 64.7 Å². The number of methoxy groups -OCH3 is 1. The van der Waals surface area contributed by atoms with E-state index in [9.17, 15) is 4.79 Å². The van der Waals surface area contributed by atoms with E-state index in [-0.39, 0.29) is 10.8 Å². The molecule has 2 heterocycles. The predicted octanol–water partition coefficient (Wildman–Crippen LogP) is 3.84. The third kappa shape index (κ3) is 3.43. The first-order valence-corrected chi connectivity index (χ1v) is 9.16. The van der Waals surface area contributed by atoms with Crippen molar-refractivity contribution < 1.29 is 9.15 Å². The van der Waals surface area contributed by atoms with Gasteiger partial charge in [-0.15, -0.1) is 10.2 Å². The molecular formula is C19H16N4O3S. The minimum Gasteiger partial charge on any atom is -0.496 e. The number of aromatic amines is 1. The van der Waals surface area contributed by atoms with Gasteiger partial charge in [-0.2, -0.15) is 0 Å². The van der Waals surface area contributed by atoms with E-state index in [1.165, 1.54) is 11.8 Å². The highest BCUT2D eigenvalue weighted by Crippen LogP contribution is 2.35. The highest BCUT2D eigenvalue weighted by Gasteiger charge is 2.18. The lowest BCUT2D eigenvalue weighted by Gasteiger charge is -2.08. The van der Waals surface area contributed by atoms with Crippen molar-refractivity contribution in [1.82, 2.24) is 20.2 Å². The Kier molecular flexibility index (Phi) is 4.64. The Morgan fingerprint density at radius 2 is 1.89 bits per heavy atom. The van der Waals surface area contributed by atoms with Crippen LogP contribution >= 0.6 is 11.8 Å². The molecule has 0 saturated carbocycles. The first kappa shape index (κ1) is 17.3.